The third-order valence-electron chi connectivity index (χ3n) is 4.14. The Balaban J connectivity index is 0.00000280. The van der Waals surface area contributed by atoms with Gasteiger partial charge in [0.1, 0.15) is 5.75 Å². The molecule has 6 nitrogen and oxygen atoms in total. The molecule has 2 aromatic carbocycles. The van der Waals surface area contributed by atoms with E-state index in [-0.39, 0.29) is 12.4 Å². The molecular weight excluding hydrogens is 376 g/mol. The van der Waals surface area contributed by atoms with E-state index >= 15 is 0 Å². The number of rotatable bonds is 7. The summed E-state index contributed by atoms with van der Waals surface area (Å²) in [4.78, 5) is 6.89. The number of methoxy groups -OCH3 is 1. The standard InChI is InChI=1S/C21H26N4O2.ClH/c1-15(26)13-25-21(18-7-5-6-16(12-18)14-24(2)3)22-20(23-25)17-8-10-19(27-4)11-9-17;/h5-12,15,26H,13-14H2,1-4H3;1H. The van der Waals surface area contributed by atoms with Crippen molar-refractivity contribution in [2.75, 3.05) is 21.2 Å². The Hall–Kier alpha value is -2.41. The van der Waals surface area contributed by atoms with Gasteiger partial charge in [-0.1, -0.05) is 18.2 Å². The van der Waals surface area contributed by atoms with Gasteiger partial charge in [0, 0.05) is 17.7 Å². The summed E-state index contributed by atoms with van der Waals surface area (Å²) >= 11 is 0. The van der Waals surface area contributed by atoms with Crippen molar-refractivity contribution < 1.29 is 9.84 Å². The summed E-state index contributed by atoms with van der Waals surface area (Å²) in [5.74, 6) is 2.17. The molecule has 0 radical (unpaired) electrons. The Kier molecular flexibility index (Phi) is 7.57. The van der Waals surface area contributed by atoms with Gasteiger partial charge in [0.05, 0.1) is 19.8 Å². The van der Waals surface area contributed by atoms with Crippen LogP contribution in [0.4, 0.5) is 0 Å². The van der Waals surface area contributed by atoms with Gasteiger partial charge in [-0.2, -0.15) is 5.10 Å². The van der Waals surface area contributed by atoms with Crippen molar-refractivity contribution in [3.8, 4) is 28.5 Å². The number of benzene rings is 2. The molecule has 3 aromatic rings. The lowest BCUT2D eigenvalue weighted by molar-refractivity contribution is 0.169. The molecule has 150 valence electrons. The zero-order valence-electron chi connectivity index (χ0n) is 16.7. The lowest BCUT2D eigenvalue weighted by Crippen LogP contribution is -2.14. The van der Waals surface area contributed by atoms with E-state index in [1.807, 2.05) is 50.5 Å². The third kappa shape index (κ3) is 5.32. The number of hydrogen-bond donors (Lipinski definition) is 1. The van der Waals surface area contributed by atoms with Gasteiger partial charge < -0.3 is 14.7 Å². The second-order valence-electron chi connectivity index (χ2n) is 6.96. The SMILES string of the molecule is COc1ccc(-c2nc(-c3cccc(CN(C)C)c3)n(CC(C)O)n2)cc1.Cl. The summed E-state index contributed by atoms with van der Waals surface area (Å²) in [5.41, 5.74) is 3.10. The van der Waals surface area contributed by atoms with E-state index in [2.05, 4.69) is 22.1 Å². The molecule has 1 aromatic heterocycles. The maximum atomic E-state index is 9.89. The van der Waals surface area contributed by atoms with Gasteiger partial charge in [0.25, 0.3) is 0 Å². The van der Waals surface area contributed by atoms with E-state index in [1.165, 1.54) is 5.56 Å². The Labute approximate surface area is 172 Å². The van der Waals surface area contributed by atoms with E-state index in [4.69, 9.17) is 9.72 Å². The molecule has 28 heavy (non-hydrogen) atoms. The zero-order chi connectivity index (χ0) is 19.4. The van der Waals surface area contributed by atoms with Crippen LogP contribution >= 0.6 is 12.4 Å². The number of aliphatic hydroxyl groups is 1. The predicted octanol–water partition coefficient (Wildman–Crippen LogP) is 3.48. The predicted molar refractivity (Wildman–Crippen MR) is 114 cm³/mol. The topological polar surface area (TPSA) is 63.4 Å². The Morgan fingerprint density at radius 1 is 1.11 bits per heavy atom. The molecule has 0 aliphatic carbocycles. The van der Waals surface area contributed by atoms with Gasteiger partial charge in [0.15, 0.2) is 11.6 Å². The van der Waals surface area contributed by atoms with E-state index in [9.17, 15) is 5.11 Å². The first-order valence-electron chi connectivity index (χ1n) is 8.97. The maximum Gasteiger partial charge on any atom is 0.181 e. The van der Waals surface area contributed by atoms with Crippen LogP contribution < -0.4 is 4.74 Å². The van der Waals surface area contributed by atoms with E-state index in [0.717, 1.165) is 29.2 Å². The fourth-order valence-electron chi connectivity index (χ4n) is 2.97. The number of aromatic nitrogens is 3. The van der Waals surface area contributed by atoms with E-state index in [1.54, 1.807) is 18.7 Å². The van der Waals surface area contributed by atoms with Crippen molar-refractivity contribution in [2.45, 2.75) is 26.1 Å². The fraction of sp³-hybridized carbons (Fsp3) is 0.333. The minimum Gasteiger partial charge on any atom is -0.497 e. The van der Waals surface area contributed by atoms with Gasteiger partial charge in [-0.15, -0.1) is 12.4 Å². The average Bonchev–Trinajstić information content (AvgIpc) is 3.04. The minimum absolute atomic E-state index is 0. The molecule has 0 amide bonds. The first kappa shape index (κ1) is 21.9. The molecule has 0 aliphatic heterocycles. The number of nitrogens with zero attached hydrogens (tertiary/aromatic N) is 4. The number of aliphatic hydroxyl groups excluding tert-OH is 1. The Morgan fingerprint density at radius 3 is 2.43 bits per heavy atom. The minimum atomic E-state index is -0.515. The van der Waals surface area contributed by atoms with Crippen LogP contribution in [0.2, 0.25) is 0 Å². The third-order valence-corrected chi connectivity index (χ3v) is 4.14. The monoisotopic (exact) mass is 402 g/mol. The first-order valence-corrected chi connectivity index (χ1v) is 8.97. The van der Waals surface area contributed by atoms with Crippen LogP contribution in [0.5, 0.6) is 5.75 Å². The largest absolute Gasteiger partial charge is 0.497 e. The van der Waals surface area contributed by atoms with Crippen LogP contribution in [-0.4, -0.2) is 52.1 Å². The molecule has 1 atom stereocenters. The zero-order valence-corrected chi connectivity index (χ0v) is 17.5. The Bertz CT molecular complexity index is 892. The summed E-state index contributed by atoms with van der Waals surface area (Å²) in [6.07, 6.45) is -0.515. The van der Waals surface area contributed by atoms with Crippen LogP contribution in [0, 0.1) is 0 Å². The number of hydrogen-bond acceptors (Lipinski definition) is 5. The molecule has 0 saturated heterocycles. The quantitative estimate of drug-likeness (QED) is 0.655. The lowest BCUT2D eigenvalue weighted by Gasteiger charge is -2.11. The molecule has 1 heterocycles. The van der Waals surface area contributed by atoms with Crippen LogP contribution in [0.3, 0.4) is 0 Å². The first-order chi connectivity index (χ1) is 13.0. The molecule has 1 N–H and O–H groups in total. The maximum absolute atomic E-state index is 9.89. The normalized spacial score (nSPS) is 11.9. The van der Waals surface area contributed by atoms with Crippen molar-refractivity contribution in [1.29, 1.82) is 0 Å². The molecule has 7 heteroatoms. The van der Waals surface area contributed by atoms with Crippen molar-refractivity contribution >= 4 is 12.4 Å². The van der Waals surface area contributed by atoms with Crippen molar-refractivity contribution in [3.63, 3.8) is 0 Å². The lowest BCUT2D eigenvalue weighted by atomic mass is 10.1. The van der Waals surface area contributed by atoms with Crippen molar-refractivity contribution in [2.24, 2.45) is 0 Å². The molecule has 0 fully saturated rings. The number of ether oxygens (including phenoxy) is 1. The average molecular weight is 403 g/mol. The second kappa shape index (κ2) is 9.68. The van der Waals surface area contributed by atoms with Crippen LogP contribution in [0.1, 0.15) is 12.5 Å². The molecule has 0 bridgehead atoms. The molecule has 1 unspecified atom stereocenters. The van der Waals surface area contributed by atoms with E-state index in [0.29, 0.717) is 12.4 Å². The van der Waals surface area contributed by atoms with Crippen LogP contribution in [-0.2, 0) is 13.1 Å². The van der Waals surface area contributed by atoms with Gasteiger partial charge in [-0.25, -0.2) is 9.67 Å². The summed E-state index contributed by atoms with van der Waals surface area (Å²) in [6, 6.07) is 15.9. The highest BCUT2D eigenvalue weighted by atomic mass is 35.5. The van der Waals surface area contributed by atoms with Gasteiger partial charge in [-0.3, -0.25) is 0 Å². The van der Waals surface area contributed by atoms with Gasteiger partial charge in [0.2, 0.25) is 0 Å². The highest BCUT2D eigenvalue weighted by Crippen LogP contribution is 2.25. The van der Waals surface area contributed by atoms with Crippen LogP contribution in [0.15, 0.2) is 48.5 Å². The summed E-state index contributed by atoms with van der Waals surface area (Å²) in [6.45, 7) is 2.99. The van der Waals surface area contributed by atoms with Gasteiger partial charge >= 0.3 is 0 Å². The molecule has 0 spiro atoms. The highest BCUT2D eigenvalue weighted by Gasteiger charge is 2.15. The van der Waals surface area contributed by atoms with Crippen molar-refractivity contribution in [3.05, 3.63) is 54.1 Å². The smallest absolute Gasteiger partial charge is 0.181 e. The second-order valence-corrected chi connectivity index (χ2v) is 6.96. The molecule has 0 saturated carbocycles. The highest BCUT2D eigenvalue weighted by molar-refractivity contribution is 5.85. The Morgan fingerprint density at radius 2 is 1.82 bits per heavy atom. The summed E-state index contributed by atoms with van der Waals surface area (Å²) in [7, 11) is 5.73. The molecule has 0 aliphatic rings. The molecular formula is C21H27ClN4O2. The molecule has 3 rings (SSSR count). The summed E-state index contributed by atoms with van der Waals surface area (Å²) < 4.78 is 6.99. The number of halogens is 1. The van der Waals surface area contributed by atoms with E-state index < -0.39 is 6.10 Å². The fourth-order valence-corrected chi connectivity index (χ4v) is 2.97. The van der Waals surface area contributed by atoms with Crippen LogP contribution in [0.25, 0.3) is 22.8 Å². The van der Waals surface area contributed by atoms with Gasteiger partial charge in [-0.05, 0) is 56.9 Å². The summed E-state index contributed by atoms with van der Waals surface area (Å²) in [5, 5.41) is 14.5. The van der Waals surface area contributed by atoms with Crippen molar-refractivity contribution in [1.82, 2.24) is 19.7 Å².